The van der Waals surface area contributed by atoms with Gasteiger partial charge >= 0.3 is 0 Å². The van der Waals surface area contributed by atoms with E-state index in [9.17, 15) is 5.11 Å². The van der Waals surface area contributed by atoms with Crippen LogP contribution in [0.3, 0.4) is 0 Å². The molecule has 2 unspecified atom stereocenters. The Hall–Kier alpha value is -1.06. The first-order chi connectivity index (χ1) is 8.54. The summed E-state index contributed by atoms with van der Waals surface area (Å²) in [6.07, 6.45) is 1.72. The lowest BCUT2D eigenvalue weighted by atomic mass is 9.64. The average Bonchev–Trinajstić information content (AvgIpc) is 2.38. The fourth-order valence-corrected chi connectivity index (χ4v) is 2.43. The number of aliphatic hydroxyl groups is 1. The first-order valence-corrected chi connectivity index (χ1v) is 6.58. The van der Waals surface area contributed by atoms with Crippen LogP contribution in [-0.4, -0.2) is 30.9 Å². The molecule has 0 spiro atoms. The standard InChI is InChI=1S/C15H23NO2/c1-15(2)13(10-14(15)17)16-9-8-11-4-6-12(18-3)7-5-11/h4-7,13-14,16-17H,8-10H2,1-3H3. The summed E-state index contributed by atoms with van der Waals surface area (Å²) in [5.74, 6) is 0.898. The van der Waals surface area contributed by atoms with E-state index in [1.165, 1.54) is 5.56 Å². The molecule has 0 aliphatic heterocycles. The van der Waals surface area contributed by atoms with E-state index in [2.05, 4.69) is 31.3 Å². The second-order valence-corrected chi connectivity index (χ2v) is 5.68. The second-order valence-electron chi connectivity index (χ2n) is 5.68. The molecule has 0 amide bonds. The fourth-order valence-electron chi connectivity index (χ4n) is 2.43. The number of rotatable bonds is 5. The van der Waals surface area contributed by atoms with Crippen LogP contribution in [-0.2, 0) is 6.42 Å². The molecule has 0 heterocycles. The minimum Gasteiger partial charge on any atom is -0.497 e. The van der Waals surface area contributed by atoms with Crippen LogP contribution < -0.4 is 10.1 Å². The molecule has 3 nitrogen and oxygen atoms in total. The van der Waals surface area contributed by atoms with Crippen molar-refractivity contribution in [2.45, 2.75) is 38.8 Å². The molecule has 0 saturated heterocycles. The van der Waals surface area contributed by atoms with Gasteiger partial charge in [0.25, 0.3) is 0 Å². The summed E-state index contributed by atoms with van der Waals surface area (Å²) in [6.45, 7) is 5.19. The number of aliphatic hydroxyl groups excluding tert-OH is 1. The number of ether oxygens (including phenoxy) is 1. The van der Waals surface area contributed by atoms with Crippen LogP contribution in [0.5, 0.6) is 5.75 Å². The maximum Gasteiger partial charge on any atom is 0.118 e. The summed E-state index contributed by atoms with van der Waals surface area (Å²) >= 11 is 0. The highest BCUT2D eigenvalue weighted by Crippen LogP contribution is 2.40. The lowest BCUT2D eigenvalue weighted by Gasteiger charge is -2.49. The Kier molecular flexibility index (Phi) is 3.93. The van der Waals surface area contributed by atoms with Gasteiger partial charge in [-0.15, -0.1) is 0 Å². The summed E-state index contributed by atoms with van der Waals surface area (Å²) in [5.41, 5.74) is 1.32. The zero-order chi connectivity index (χ0) is 13.2. The summed E-state index contributed by atoms with van der Waals surface area (Å²) in [5, 5.41) is 13.2. The number of hydrogen-bond donors (Lipinski definition) is 2. The molecule has 2 atom stereocenters. The van der Waals surface area contributed by atoms with Gasteiger partial charge in [-0.1, -0.05) is 26.0 Å². The molecule has 0 bridgehead atoms. The molecule has 0 aromatic heterocycles. The Morgan fingerprint density at radius 2 is 2.00 bits per heavy atom. The Morgan fingerprint density at radius 1 is 1.33 bits per heavy atom. The largest absolute Gasteiger partial charge is 0.497 e. The van der Waals surface area contributed by atoms with Crippen molar-refractivity contribution in [1.29, 1.82) is 0 Å². The van der Waals surface area contributed by atoms with Gasteiger partial charge in [-0.05, 0) is 37.1 Å². The van der Waals surface area contributed by atoms with Crippen molar-refractivity contribution in [3.63, 3.8) is 0 Å². The minimum atomic E-state index is -0.156. The number of benzene rings is 1. The van der Waals surface area contributed by atoms with Gasteiger partial charge in [0.15, 0.2) is 0 Å². The van der Waals surface area contributed by atoms with Crippen LogP contribution in [0.1, 0.15) is 25.8 Å². The SMILES string of the molecule is COc1ccc(CCNC2CC(O)C2(C)C)cc1. The van der Waals surface area contributed by atoms with Crippen LogP contribution in [0.15, 0.2) is 24.3 Å². The van der Waals surface area contributed by atoms with Crippen molar-refractivity contribution in [2.24, 2.45) is 5.41 Å². The topological polar surface area (TPSA) is 41.5 Å². The van der Waals surface area contributed by atoms with Crippen molar-refractivity contribution in [1.82, 2.24) is 5.32 Å². The van der Waals surface area contributed by atoms with Gasteiger partial charge in [0.05, 0.1) is 13.2 Å². The van der Waals surface area contributed by atoms with Gasteiger partial charge < -0.3 is 15.2 Å². The van der Waals surface area contributed by atoms with Crippen LogP contribution in [0.2, 0.25) is 0 Å². The zero-order valence-corrected chi connectivity index (χ0v) is 11.4. The molecule has 18 heavy (non-hydrogen) atoms. The predicted octanol–water partition coefficient (Wildman–Crippen LogP) is 1.99. The van der Waals surface area contributed by atoms with Crippen molar-refractivity contribution in [3.05, 3.63) is 29.8 Å². The molecule has 3 heteroatoms. The Bertz CT molecular complexity index is 386. The first-order valence-electron chi connectivity index (χ1n) is 6.58. The fraction of sp³-hybridized carbons (Fsp3) is 0.600. The molecular formula is C15H23NO2. The van der Waals surface area contributed by atoms with Gasteiger partial charge in [0.1, 0.15) is 5.75 Å². The van der Waals surface area contributed by atoms with E-state index in [0.29, 0.717) is 6.04 Å². The second kappa shape index (κ2) is 5.29. The van der Waals surface area contributed by atoms with E-state index in [-0.39, 0.29) is 11.5 Å². The molecule has 0 radical (unpaired) electrons. The van der Waals surface area contributed by atoms with Gasteiger partial charge in [-0.25, -0.2) is 0 Å². The molecule has 1 saturated carbocycles. The van der Waals surface area contributed by atoms with E-state index in [1.54, 1.807) is 7.11 Å². The van der Waals surface area contributed by atoms with Gasteiger partial charge in [-0.2, -0.15) is 0 Å². The van der Waals surface area contributed by atoms with Crippen LogP contribution in [0.25, 0.3) is 0 Å². The third-order valence-electron chi connectivity index (χ3n) is 4.18. The lowest BCUT2D eigenvalue weighted by molar-refractivity contribution is -0.0720. The first kappa shape index (κ1) is 13.4. The highest BCUT2D eigenvalue weighted by molar-refractivity contribution is 5.27. The van der Waals surface area contributed by atoms with Crippen LogP contribution in [0.4, 0.5) is 0 Å². The highest BCUT2D eigenvalue weighted by Gasteiger charge is 2.46. The molecule has 1 aromatic carbocycles. The molecule has 100 valence electrons. The normalized spacial score (nSPS) is 25.6. The third kappa shape index (κ3) is 2.68. The maximum absolute atomic E-state index is 9.67. The van der Waals surface area contributed by atoms with Crippen LogP contribution >= 0.6 is 0 Å². The zero-order valence-electron chi connectivity index (χ0n) is 11.4. The molecule has 1 aromatic rings. The number of hydrogen-bond acceptors (Lipinski definition) is 3. The van der Waals surface area contributed by atoms with E-state index >= 15 is 0 Å². The summed E-state index contributed by atoms with van der Waals surface area (Å²) in [4.78, 5) is 0. The highest BCUT2D eigenvalue weighted by atomic mass is 16.5. The van der Waals surface area contributed by atoms with E-state index in [0.717, 1.165) is 25.1 Å². The maximum atomic E-state index is 9.67. The van der Waals surface area contributed by atoms with Gasteiger partial charge in [0.2, 0.25) is 0 Å². The average molecular weight is 249 g/mol. The molecular weight excluding hydrogens is 226 g/mol. The smallest absolute Gasteiger partial charge is 0.118 e. The molecule has 1 aliphatic rings. The van der Waals surface area contributed by atoms with Gasteiger partial charge in [-0.3, -0.25) is 0 Å². The predicted molar refractivity (Wildman–Crippen MR) is 72.9 cm³/mol. The third-order valence-corrected chi connectivity index (χ3v) is 4.18. The van der Waals surface area contributed by atoms with Crippen molar-refractivity contribution >= 4 is 0 Å². The monoisotopic (exact) mass is 249 g/mol. The number of nitrogens with one attached hydrogen (secondary N) is 1. The van der Waals surface area contributed by atoms with E-state index in [4.69, 9.17) is 4.74 Å². The molecule has 2 N–H and O–H groups in total. The molecule has 2 rings (SSSR count). The summed E-state index contributed by atoms with van der Waals surface area (Å²) in [6, 6.07) is 8.62. The lowest BCUT2D eigenvalue weighted by Crippen LogP contribution is -2.60. The Morgan fingerprint density at radius 3 is 2.50 bits per heavy atom. The quantitative estimate of drug-likeness (QED) is 0.838. The number of methoxy groups -OCH3 is 1. The minimum absolute atomic E-state index is 0.0138. The Balaban J connectivity index is 1.75. The van der Waals surface area contributed by atoms with E-state index in [1.807, 2.05) is 12.1 Å². The van der Waals surface area contributed by atoms with Crippen LogP contribution in [0, 0.1) is 5.41 Å². The molecule has 1 aliphatic carbocycles. The van der Waals surface area contributed by atoms with Crippen molar-refractivity contribution in [2.75, 3.05) is 13.7 Å². The Labute approximate surface area is 109 Å². The van der Waals surface area contributed by atoms with Crippen molar-refractivity contribution in [3.8, 4) is 5.75 Å². The summed E-state index contributed by atoms with van der Waals surface area (Å²) in [7, 11) is 1.68. The molecule has 1 fully saturated rings. The van der Waals surface area contributed by atoms with E-state index < -0.39 is 0 Å². The van der Waals surface area contributed by atoms with Crippen molar-refractivity contribution < 1.29 is 9.84 Å². The summed E-state index contributed by atoms with van der Waals surface area (Å²) < 4.78 is 5.13. The van der Waals surface area contributed by atoms with Gasteiger partial charge in [0, 0.05) is 11.5 Å².